The molecule has 0 bridgehead atoms. The molecule has 5 nitrogen and oxygen atoms in total. The van der Waals surface area contributed by atoms with Gasteiger partial charge in [0.2, 0.25) is 0 Å². The number of fused-ring (bicyclic) bond motifs is 1. The van der Waals surface area contributed by atoms with Gasteiger partial charge in [0, 0.05) is 25.2 Å². The number of nitrogens with one attached hydrogen (secondary N) is 1. The van der Waals surface area contributed by atoms with Crippen LogP contribution in [-0.4, -0.2) is 40.8 Å². The van der Waals surface area contributed by atoms with Crippen LogP contribution in [0.25, 0.3) is 6.08 Å². The fourth-order valence-electron chi connectivity index (χ4n) is 4.25. The van der Waals surface area contributed by atoms with Gasteiger partial charge in [-0.15, -0.1) is 0 Å². The highest BCUT2D eigenvalue weighted by molar-refractivity contribution is 5.90. The summed E-state index contributed by atoms with van der Waals surface area (Å²) in [5, 5.41) is 18.2. The average molecular weight is 395 g/mol. The summed E-state index contributed by atoms with van der Waals surface area (Å²) in [4.78, 5) is 13.6. The third-order valence-electron chi connectivity index (χ3n) is 5.74. The highest BCUT2D eigenvalue weighted by atomic mass is 16.5. The van der Waals surface area contributed by atoms with Crippen LogP contribution >= 0.6 is 0 Å². The van der Waals surface area contributed by atoms with E-state index < -0.39 is 5.91 Å². The minimum absolute atomic E-state index is 0.149. The normalized spacial score (nSPS) is 15.8. The Morgan fingerprint density at radius 1 is 1.21 bits per heavy atom. The quantitative estimate of drug-likeness (QED) is 0.365. The van der Waals surface area contributed by atoms with Crippen molar-refractivity contribution < 1.29 is 15.1 Å². The second-order valence-electron chi connectivity index (χ2n) is 7.76. The molecule has 1 aliphatic carbocycles. The molecule has 154 valence electrons. The Morgan fingerprint density at radius 3 is 2.76 bits per heavy atom. The minimum atomic E-state index is -0.538. The predicted molar refractivity (Wildman–Crippen MR) is 115 cm³/mol. The molecular weight excluding hydrogens is 364 g/mol. The number of rotatable bonds is 8. The van der Waals surface area contributed by atoms with E-state index in [0.717, 1.165) is 31.4 Å². The number of hydroxylamine groups is 1. The molecule has 0 aromatic heterocycles. The molecule has 0 spiro atoms. The Morgan fingerprint density at radius 2 is 2.03 bits per heavy atom. The number of aliphatic hydroxyl groups is 1. The van der Waals surface area contributed by atoms with E-state index in [-0.39, 0.29) is 6.61 Å². The van der Waals surface area contributed by atoms with E-state index in [1.54, 1.807) is 11.6 Å². The summed E-state index contributed by atoms with van der Waals surface area (Å²) < 4.78 is 0. The fraction of sp³-hybridized carbons (Fsp3) is 0.375. The Kier molecular flexibility index (Phi) is 7.20. The largest absolute Gasteiger partial charge is 0.395 e. The summed E-state index contributed by atoms with van der Waals surface area (Å²) in [7, 11) is 0. The lowest BCUT2D eigenvalue weighted by molar-refractivity contribution is -0.124. The van der Waals surface area contributed by atoms with E-state index >= 15 is 0 Å². The predicted octanol–water partition coefficient (Wildman–Crippen LogP) is 3.35. The molecular formula is C24H30N2O3. The lowest BCUT2D eigenvalue weighted by Gasteiger charge is -2.29. The Labute approximate surface area is 172 Å². The maximum atomic E-state index is 11.2. The van der Waals surface area contributed by atoms with Crippen molar-refractivity contribution in [1.82, 2.24) is 10.4 Å². The van der Waals surface area contributed by atoms with Crippen LogP contribution in [0.5, 0.6) is 0 Å². The maximum Gasteiger partial charge on any atom is 0.267 e. The van der Waals surface area contributed by atoms with Gasteiger partial charge in [-0.3, -0.25) is 14.9 Å². The third-order valence-corrected chi connectivity index (χ3v) is 5.74. The number of nitrogens with zero attached hydrogens (tertiary/aromatic N) is 1. The molecule has 29 heavy (non-hydrogen) atoms. The molecule has 2 aromatic carbocycles. The van der Waals surface area contributed by atoms with Crippen molar-refractivity contribution in [3.8, 4) is 0 Å². The molecule has 3 N–H and O–H groups in total. The first-order chi connectivity index (χ1) is 14.0. The van der Waals surface area contributed by atoms with Crippen LogP contribution in [0.2, 0.25) is 0 Å². The average Bonchev–Trinajstić information content (AvgIpc) is 3.13. The van der Waals surface area contributed by atoms with Gasteiger partial charge in [-0.25, -0.2) is 5.48 Å². The number of amides is 1. The van der Waals surface area contributed by atoms with Gasteiger partial charge in [0.05, 0.1) is 6.61 Å². The first-order valence-corrected chi connectivity index (χ1v) is 10.2. The van der Waals surface area contributed by atoms with Crippen LogP contribution in [0.15, 0.2) is 42.5 Å². The standard InChI is InChI=1S/C24H30N2O3/c1-17-3-6-20(18(2)15-17)11-12-26(13-14-27)23-9-7-21-16-19(4-8-22(21)23)5-10-24(28)25-29/h3-6,8,10,15-16,23,27,29H,7,9,11-14H2,1-2H3,(H,25,28). The van der Waals surface area contributed by atoms with Crippen LogP contribution < -0.4 is 5.48 Å². The van der Waals surface area contributed by atoms with Gasteiger partial charge in [-0.2, -0.15) is 0 Å². The number of hydrogen-bond donors (Lipinski definition) is 3. The lowest BCUT2D eigenvalue weighted by Crippen LogP contribution is -2.32. The first kappa shape index (κ1) is 21.2. The number of carbonyl (C=O) groups is 1. The van der Waals surface area contributed by atoms with Crippen molar-refractivity contribution in [3.63, 3.8) is 0 Å². The van der Waals surface area contributed by atoms with E-state index in [0.29, 0.717) is 12.6 Å². The molecule has 0 fully saturated rings. The number of aryl methyl sites for hydroxylation is 3. The topological polar surface area (TPSA) is 72.8 Å². The van der Waals surface area contributed by atoms with Crippen LogP contribution in [0.4, 0.5) is 0 Å². The van der Waals surface area contributed by atoms with Gasteiger partial charge in [0.1, 0.15) is 0 Å². The summed E-state index contributed by atoms with van der Waals surface area (Å²) in [5.74, 6) is -0.538. The summed E-state index contributed by atoms with van der Waals surface area (Å²) in [5.41, 5.74) is 9.11. The molecule has 2 aromatic rings. The molecule has 1 aliphatic rings. The number of hydrogen-bond acceptors (Lipinski definition) is 4. The SMILES string of the molecule is Cc1ccc(CCN(CCO)C2CCc3cc(C=CC(=O)NO)ccc32)c(C)c1. The second-order valence-corrected chi connectivity index (χ2v) is 7.76. The molecule has 3 rings (SSSR count). The van der Waals surface area contributed by atoms with Gasteiger partial charge < -0.3 is 5.11 Å². The molecule has 1 atom stereocenters. The van der Waals surface area contributed by atoms with E-state index in [4.69, 9.17) is 5.21 Å². The van der Waals surface area contributed by atoms with Crippen molar-refractivity contribution >= 4 is 12.0 Å². The molecule has 1 unspecified atom stereocenters. The lowest BCUT2D eigenvalue weighted by atomic mass is 10.0. The number of benzene rings is 2. The molecule has 0 heterocycles. The van der Waals surface area contributed by atoms with E-state index in [2.05, 4.69) is 49.1 Å². The van der Waals surface area contributed by atoms with E-state index in [9.17, 15) is 9.90 Å². The van der Waals surface area contributed by atoms with Gasteiger partial charge in [0.25, 0.3) is 5.91 Å². The first-order valence-electron chi connectivity index (χ1n) is 10.2. The zero-order chi connectivity index (χ0) is 20.8. The Hall–Kier alpha value is -2.47. The summed E-state index contributed by atoms with van der Waals surface area (Å²) >= 11 is 0. The summed E-state index contributed by atoms with van der Waals surface area (Å²) in [6.45, 7) is 6.00. The molecule has 5 heteroatoms. The van der Waals surface area contributed by atoms with Crippen molar-refractivity contribution in [3.05, 3.63) is 75.9 Å². The maximum absolute atomic E-state index is 11.2. The minimum Gasteiger partial charge on any atom is -0.395 e. The van der Waals surface area contributed by atoms with Crippen molar-refractivity contribution in [2.24, 2.45) is 0 Å². The highest BCUT2D eigenvalue weighted by Crippen LogP contribution is 2.36. The molecule has 0 saturated carbocycles. The fourth-order valence-corrected chi connectivity index (χ4v) is 4.25. The van der Waals surface area contributed by atoms with Gasteiger partial charge in [-0.05, 0) is 67.0 Å². The zero-order valence-electron chi connectivity index (χ0n) is 17.2. The summed E-state index contributed by atoms with van der Waals surface area (Å²) in [6.07, 6.45) is 6.00. The van der Waals surface area contributed by atoms with Gasteiger partial charge in [0.15, 0.2) is 0 Å². The molecule has 0 radical (unpaired) electrons. The monoisotopic (exact) mass is 394 g/mol. The third kappa shape index (κ3) is 5.32. The number of aliphatic hydroxyl groups excluding tert-OH is 1. The second kappa shape index (κ2) is 9.83. The van der Waals surface area contributed by atoms with Crippen LogP contribution in [-0.2, 0) is 17.6 Å². The van der Waals surface area contributed by atoms with Crippen LogP contribution in [0.1, 0.15) is 45.8 Å². The van der Waals surface area contributed by atoms with Crippen LogP contribution in [0.3, 0.4) is 0 Å². The van der Waals surface area contributed by atoms with Gasteiger partial charge >= 0.3 is 0 Å². The Balaban J connectivity index is 1.73. The number of carbonyl (C=O) groups excluding carboxylic acids is 1. The summed E-state index contributed by atoms with van der Waals surface area (Å²) in [6, 6.07) is 13.1. The smallest absolute Gasteiger partial charge is 0.267 e. The highest BCUT2D eigenvalue weighted by Gasteiger charge is 2.27. The van der Waals surface area contributed by atoms with Gasteiger partial charge in [-0.1, -0.05) is 42.0 Å². The molecule has 0 saturated heterocycles. The van der Waals surface area contributed by atoms with Crippen molar-refractivity contribution in [2.45, 2.75) is 39.2 Å². The Bertz CT molecular complexity index is 892. The van der Waals surface area contributed by atoms with Crippen molar-refractivity contribution in [2.75, 3.05) is 19.7 Å². The van der Waals surface area contributed by atoms with E-state index in [1.807, 2.05) is 6.07 Å². The molecule has 0 aliphatic heterocycles. The van der Waals surface area contributed by atoms with E-state index in [1.165, 1.54) is 33.9 Å². The zero-order valence-corrected chi connectivity index (χ0v) is 17.2. The molecule has 1 amide bonds. The van der Waals surface area contributed by atoms with Crippen molar-refractivity contribution in [1.29, 1.82) is 0 Å². The van der Waals surface area contributed by atoms with Crippen LogP contribution in [0, 0.1) is 13.8 Å².